The van der Waals surface area contributed by atoms with Gasteiger partial charge in [0, 0.05) is 12.5 Å². The van der Waals surface area contributed by atoms with E-state index in [9.17, 15) is 9.90 Å². The molecular formula is C17H22ClNO3. The maximum absolute atomic E-state index is 13.0. The predicted octanol–water partition coefficient (Wildman–Crippen LogP) is 2.65. The van der Waals surface area contributed by atoms with Crippen LogP contribution in [0.2, 0.25) is 5.02 Å². The van der Waals surface area contributed by atoms with E-state index in [-0.39, 0.29) is 24.0 Å². The summed E-state index contributed by atoms with van der Waals surface area (Å²) in [5, 5.41) is 10.7. The lowest BCUT2D eigenvalue weighted by atomic mass is 9.93. The van der Waals surface area contributed by atoms with Gasteiger partial charge in [-0.25, -0.2) is 0 Å². The predicted molar refractivity (Wildman–Crippen MR) is 85.2 cm³/mol. The van der Waals surface area contributed by atoms with Crippen LogP contribution in [0.4, 0.5) is 0 Å². The maximum Gasteiger partial charge on any atom is 0.255 e. The van der Waals surface area contributed by atoms with Crippen LogP contribution in [0.3, 0.4) is 0 Å². The van der Waals surface area contributed by atoms with Gasteiger partial charge in [0.15, 0.2) is 0 Å². The number of nitrogens with zero attached hydrogens (tertiary/aromatic N) is 1. The summed E-state index contributed by atoms with van der Waals surface area (Å²) in [6, 6.07) is 5.47. The Balaban J connectivity index is 1.87. The Morgan fingerprint density at radius 1 is 1.41 bits per heavy atom. The van der Waals surface area contributed by atoms with Crippen molar-refractivity contribution in [2.45, 2.75) is 38.3 Å². The number of aliphatic hydroxyl groups is 1. The molecule has 1 aromatic carbocycles. The second-order valence-corrected chi connectivity index (χ2v) is 6.62. The molecule has 0 spiro atoms. The fourth-order valence-electron chi connectivity index (χ4n) is 3.61. The number of benzene rings is 1. The Hall–Kier alpha value is -1.10. The Morgan fingerprint density at radius 2 is 2.23 bits per heavy atom. The van der Waals surface area contributed by atoms with Crippen molar-refractivity contribution in [1.29, 1.82) is 0 Å². The number of hydrogen-bond acceptors (Lipinski definition) is 3. The van der Waals surface area contributed by atoms with E-state index in [2.05, 4.69) is 0 Å². The van der Waals surface area contributed by atoms with Gasteiger partial charge in [0.25, 0.3) is 5.91 Å². The Morgan fingerprint density at radius 3 is 2.95 bits per heavy atom. The van der Waals surface area contributed by atoms with Crippen LogP contribution in [-0.4, -0.2) is 47.8 Å². The summed E-state index contributed by atoms with van der Waals surface area (Å²) in [6.45, 7) is 3.49. The summed E-state index contributed by atoms with van der Waals surface area (Å²) >= 11 is 6.32. The number of morpholine rings is 1. The number of carbonyl (C=O) groups excluding carboxylic acids is 1. The number of aryl methyl sites for hydroxylation is 1. The average Bonchev–Trinajstić information content (AvgIpc) is 2.95. The minimum Gasteiger partial charge on any atom is -0.393 e. The van der Waals surface area contributed by atoms with Crippen LogP contribution in [-0.2, 0) is 4.74 Å². The van der Waals surface area contributed by atoms with Gasteiger partial charge in [0.1, 0.15) is 0 Å². The van der Waals surface area contributed by atoms with Crippen molar-refractivity contribution in [3.63, 3.8) is 0 Å². The number of aliphatic hydroxyl groups excluding tert-OH is 1. The molecule has 1 heterocycles. The molecule has 1 amide bonds. The topological polar surface area (TPSA) is 49.8 Å². The molecule has 4 nitrogen and oxygen atoms in total. The lowest BCUT2D eigenvalue weighted by molar-refractivity contribution is -0.0383. The molecule has 5 heteroatoms. The zero-order valence-corrected chi connectivity index (χ0v) is 13.6. The number of amides is 1. The minimum absolute atomic E-state index is 0.0545. The van der Waals surface area contributed by atoms with Gasteiger partial charge in [0.2, 0.25) is 0 Å². The molecule has 3 atom stereocenters. The van der Waals surface area contributed by atoms with Crippen LogP contribution in [0.1, 0.15) is 35.2 Å². The van der Waals surface area contributed by atoms with Crippen molar-refractivity contribution in [2.75, 3.05) is 19.8 Å². The monoisotopic (exact) mass is 323 g/mol. The number of rotatable bonds is 2. The van der Waals surface area contributed by atoms with Gasteiger partial charge in [0.05, 0.1) is 35.9 Å². The molecule has 0 radical (unpaired) electrons. The average molecular weight is 324 g/mol. The normalized spacial score (nSPS) is 28.9. The molecule has 120 valence electrons. The Kier molecular flexibility index (Phi) is 4.71. The SMILES string of the molecule is Cc1cccc(C(=O)N2CCOC[C@@H]2[C@@H]2CCC[C@H]2O)c1Cl. The second-order valence-electron chi connectivity index (χ2n) is 6.24. The van der Waals surface area contributed by atoms with E-state index in [1.165, 1.54) is 0 Å². The van der Waals surface area contributed by atoms with Crippen molar-refractivity contribution in [3.8, 4) is 0 Å². The fraction of sp³-hybridized carbons (Fsp3) is 0.588. The lowest BCUT2D eigenvalue weighted by Gasteiger charge is -2.40. The largest absolute Gasteiger partial charge is 0.393 e. The summed E-state index contributed by atoms with van der Waals surface area (Å²) in [4.78, 5) is 14.8. The minimum atomic E-state index is -0.338. The molecule has 22 heavy (non-hydrogen) atoms. The molecule has 2 fully saturated rings. The highest BCUT2D eigenvalue weighted by molar-refractivity contribution is 6.34. The van der Waals surface area contributed by atoms with Gasteiger partial charge >= 0.3 is 0 Å². The second kappa shape index (κ2) is 6.57. The van der Waals surface area contributed by atoms with Crippen LogP contribution in [0, 0.1) is 12.8 Å². The number of ether oxygens (including phenoxy) is 1. The van der Waals surface area contributed by atoms with E-state index in [1.807, 2.05) is 24.0 Å². The molecule has 1 saturated heterocycles. The van der Waals surface area contributed by atoms with Gasteiger partial charge < -0.3 is 14.7 Å². The van der Waals surface area contributed by atoms with Crippen molar-refractivity contribution >= 4 is 17.5 Å². The molecule has 0 aromatic heterocycles. The van der Waals surface area contributed by atoms with Crippen molar-refractivity contribution in [1.82, 2.24) is 4.90 Å². The van der Waals surface area contributed by atoms with Crippen LogP contribution < -0.4 is 0 Å². The van der Waals surface area contributed by atoms with E-state index in [1.54, 1.807) is 6.07 Å². The quantitative estimate of drug-likeness (QED) is 0.910. The van der Waals surface area contributed by atoms with Crippen molar-refractivity contribution < 1.29 is 14.6 Å². The van der Waals surface area contributed by atoms with Crippen LogP contribution in [0.25, 0.3) is 0 Å². The number of hydrogen-bond donors (Lipinski definition) is 1. The highest BCUT2D eigenvalue weighted by atomic mass is 35.5. The third-order valence-electron chi connectivity index (χ3n) is 4.87. The van der Waals surface area contributed by atoms with Crippen LogP contribution >= 0.6 is 11.6 Å². The van der Waals surface area contributed by atoms with Crippen LogP contribution in [0.5, 0.6) is 0 Å². The molecule has 1 N–H and O–H groups in total. The molecular weight excluding hydrogens is 302 g/mol. The molecule has 0 bridgehead atoms. The molecule has 1 aromatic rings. The van der Waals surface area contributed by atoms with Gasteiger partial charge in [-0.2, -0.15) is 0 Å². The fourth-order valence-corrected chi connectivity index (χ4v) is 3.82. The van der Waals surface area contributed by atoms with E-state index in [0.717, 1.165) is 24.8 Å². The Bertz CT molecular complexity index is 563. The maximum atomic E-state index is 13.0. The first-order chi connectivity index (χ1) is 10.6. The standard InChI is InChI=1S/C17H22ClNO3/c1-11-4-2-6-13(16(11)18)17(21)19-8-9-22-10-14(19)12-5-3-7-15(12)20/h2,4,6,12,14-15,20H,3,5,7-10H2,1H3/t12-,14+,15+/m0/s1. The van der Waals surface area contributed by atoms with Gasteiger partial charge in [-0.15, -0.1) is 0 Å². The zero-order valence-electron chi connectivity index (χ0n) is 12.8. The highest BCUT2D eigenvalue weighted by Crippen LogP contribution is 2.33. The molecule has 1 saturated carbocycles. The van der Waals surface area contributed by atoms with E-state index in [0.29, 0.717) is 30.3 Å². The molecule has 3 rings (SSSR count). The van der Waals surface area contributed by atoms with Crippen molar-refractivity contribution in [2.24, 2.45) is 5.92 Å². The first-order valence-electron chi connectivity index (χ1n) is 7.91. The Labute approximate surface area is 136 Å². The lowest BCUT2D eigenvalue weighted by Crippen LogP contribution is -2.53. The summed E-state index contributed by atoms with van der Waals surface area (Å²) in [6.07, 6.45) is 2.43. The van der Waals surface area contributed by atoms with Crippen molar-refractivity contribution in [3.05, 3.63) is 34.3 Å². The molecule has 1 aliphatic heterocycles. The van der Waals surface area contributed by atoms with E-state index >= 15 is 0 Å². The third kappa shape index (κ3) is 2.87. The number of halogens is 1. The first kappa shape index (κ1) is 15.8. The van der Waals surface area contributed by atoms with E-state index in [4.69, 9.17) is 16.3 Å². The van der Waals surface area contributed by atoms with Crippen LogP contribution in [0.15, 0.2) is 18.2 Å². The molecule has 0 unspecified atom stereocenters. The smallest absolute Gasteiger partial charge is 0.255 e. The first-order valence-corrected chi connectivity index (χ1v) is 8.29. The highest BCUT2D eigenvalue weighted by Gasteiger charge is 2.40. The summed E-state index contributed by atoms with van der Waals surface area (Å²) in [7, 11) is 0. The summed E-state index contributed by atoms with van der Waals surface area (Å²) < 4.78 is 5.58. The number of carbonyl (C=O) groups is 1. The zero-order chi connectivity index (χ0) is 15.7. The van der Waals surface area contributed by atoms with Gasteiger partial charge in [-0.1, -0.05) is 30.2 Å². The van der Waals surface area contributed by atoms with E-state index < -0.39 is 0 Å². The van der Waals surface area contributed by atoms with Gasteiger partial charge in [-0.05, 0) is 31.4 Å². The summed E-state index contributed by atoms with van der Waals surface area (Å²) in [5.74, 6) is 0.0499. The van der Waals surface area contributed by atoms with Gasteiger partial charge in [-0.3, -0.25) is 4.79 Å². The molecule has 2 aliphatic rings. The third-order valence-corrected chi connectivity index (χ3v) is 5.38. The summed E-state index contributed by atoms with van der Waals surface area (Å²) in [5.41, 5.74) is 1.44. The molecule has 1 aliphatic carbocycles.